The van der Waals surface area contributed by atoms with E-state index >= 15 is 0 Å². The summed E-state index contributed by atoms with van der Waals surface area (Å²) in [6, 6.07) is 14.2. The number of rotatable bonds is 5. The summed E-state index contributed by atoms with van der Waals surface area (Å²) in [5.41, 5.74) is 1.27. The van der Waals surface area contributed by atoms with E-state index in [1.165, 1.54) is 24.4 Å². The quantitative estimate of drug-likeness (QED) is 0.511. The van der Waals surface area contributed by atoms with Crippen LogP contribution in [0, 0.1) is 19.7 Å². The summed E-state index contributed by atoms with van der Waals surface area (Å²) in [5.74, 6) is -0.573. The molecule has 7 nitrogen and oxygen atoms in total. The third-order valence-corrected chi connectivity index (χ3v) is 5.79. The van der Waals surface area contributed by atoms with Gasteiger partial charge >= 0.3 is 6.01 Å². The Morgan fingerprint density at radius 2 is 1.63 bits per heavy atom. The van der Waals surface area contributed by atoms with Gasteiger partial charge in [-0.2, -0.15) is 9.97 Å². The highest BCUT2D eigenvalue weighted by Gasteiger charge is 2.22. The Labute approximate surface area is 172 Å². The number of aromatic nitrogens is 3. The van der Waals surface area contributed by atoms with Gasteiger partial charge in [0.25, 0.3) is 10.0 Å². The van der Waals surface area contributed by atoms with E-state index in [1.807, 2.05) is 0 Å². The van der Waals surface area contributed by atoms with E-state index in [4.69, 9.17) is 4.74 Å². The van der Waals surface area contributed by atoms with Crippen LogP contribution in [-0.2, 0) is 10.0 Å². The van der Waals surface area contributed by atoms with Crippen molar-refractivity contribution in [2.24, 2.45) is 0 Å². The Morgan fingerprint density at radius 3 is 2.37 bits per heavy atom. The topological polar surface area (TPSA) is 94.1 Å². The van der Waals surface area contributed by atoms with Crippen LogP contribution in [0.5, 0.6) is 11.8 Å². The molecule has 2 aromatic heterocycles. The van der Waals surface area contributed by atoms with E-state index in [0.29, 0.717) is 22.3 Å². The number of pyridine rings is 1. The number of ether oxygens (including phenoxy) is 1. The van der Waals surface area contributed by atoms with Crippen LogP contribution in [0.3, 0.4) is 0 Å². The minimum Gasteiger partial charge on any atom is -0.421 e. The van der Waals surface area contributed by atoms with Gasteiger partial charge < -0.3 is 4.74 Å². The summed E-state index contributed by atoms with van der Waals surface area (Å²) in [4.78, 5) is 12.6. The second-order valence-corrected chi connectivity index (χ2v) is 8.17. The number of benzene rings is 2. The van der Waals surface area contributed by atoms with Crippen LogP contribution < -0.4 is 9.46 Å². The van der Waals surface area contributed by atoms with Gasteiger partial charge in [0.2, 0.25) is 0 Å². The second-order valence-electron chi connectivity index (χ2n) is 6.52. The molecule has 152 valence electrons. The van der Waals surface area contributed by atoms with Gasteiger partial charge in [-0.25, -0.2) is 12.8 Å². The Bertz CT molecular complexity index is 1330. The minimum atomic E-state index is -3.96. The molecule has 0 unspecified atom stereocenters. The first kappa shape index (κ1) is 19.7. The Morgan fingerprint density at radius 1 is 0.933 bits per heavy atom. The Hall–Kier alpha value is -3.59. The molecule has 4 aromatic rings. The van der Waals surface area contributed by atoms with Crippen molar-refractivity contribution in [1.82, 2.24) is 15.0 Å². The monoisotopic (exact) mass is 424 g/mol. The lowest BCUT2D eigenvalue weighted by molar-refractivity contribution is 0.409. The van der Waals surface area contributed by atoms with Crippen molar-refractivity contribution >= 4 is 26.6 Å². The smallest absolute Gasteiger partial charge is 0.322 e. The highest BCUT2D eigenvalue weighted by Crippen LogP contribution is 2.28. The second kappa shape index (κ2) is 7.68. The standard InChI is InChI=1S/C21H17FN4O3S/c1-13-19(14(2)25-21(24-13)29-17-10-4-3-9-16(17)22)26-30(27,28)18-11-5-7-15-8-6-12-23-20(15)18/h3-12,26H,1-2H3. The highest BCUT2D eigenvalue weighted by molar-refractivity contribution is 7.93. The summed E-state index contributed by atoms with van der Waals surface area (Å²) in [7, 11) is -3.96. The maximum Gasteiger partial charge on any atom is 0.322 e. The predicted octanol–water partition coefficient (Wildman–Crippen LogP) is 4.37. The molecule has 9 heteroatoms. The fourth-order valence-corrected chi connectivity index (χ4v) is 4.34. The van der Waals surface area contributed by atoms with E-state index in [0.717, 1.165) is 0 Å². The van der Waals surface area contributed by atoms with Crippen LogP contribution in [0.15, 0.2) is 65.7 Å². The SMILES string of the molecule is Cc1nc(Oc2ccccc2F)nc(C)c1NS(=O)(=O)c1cccc2cccnc12. The molecule has 4 rings (SSSR count). The zero-order valence-electron chi connectivity index (χ0n) is 16.1. The molecule has 0 saturated carbocycles. The minimum absolute atomic E-state index is 0.0218. The predicted molar refractivity (Wildman–Crippen MR) is 111 cm³/mol. The lowest BCUT2D eigenvalue weighted by Gasteiger charge is -2.14. The summed E-state index contributed by atoms with van der Waals surface area (Å²) >= 11 is 0. The number of fused-ring (bicyclic) bond motifs is 1. The maximum atomic E-state index is 13.8. The number of sulfonamides is 1. The summed E-state index contributed by atoms with van der Waals surface area (Å²) in [6.07, 6.45) is 1.54. The molecule has 1 N–H and O–H groups in total. The van der Waals surface area contributed by atoms with Gasteiger partial charge in [-0.1, -0.05) is 30.3 Å². The van der Waals surface area contributed by atoms with Crippen molar-refractivity contribution in [3.8, 4) is 11.8 Å². The Kier molecular flexibility index (Phi) is 5.04. The molecule has 0 radical (unpaired) electrons. The molecular formula is C21H17FN4O3S. The van der Waals surface area contributed by atoms with Gasteiger partial charge in [0.05, 0.1) is 22.6 Å². The largest absolute Gasteiger partial charge is 0.421 e. The molecule has 30 heavy (non-hydrogen) atoms. The molecule has 0 atom stereocenters. The molecule has 0 fully saturated rings. The third kappa shape index (κ3) is 3.79. The van der Waals surface area contributed by atoms with Gasteiger partial charge in [0.15, 0.2) is 11.6 Å². The van der Waals surface area contributed by atoms with Crippen LogP contribution in [0.1, 0.15) is 11.4 Å². The molecule has 0 bridgehead atoms. The van der Waals surface area contributed by atoms with E-state index in [1.54, 1.807) is 50.2 Å². The van der Waals surface area contributed by atoms with Crippen LogP contribution in [-0.4, -0.2) is 23.4 Å². The van der Waals surface area contributed by atoms with E-state index < -0.39 is 15.8 Å². The summed E-state index contributed by atoms with van der Waals surface area (Å²) < 4.78 is 47.9. The highest BCUT2D eigenvalue weighted by atomic mass is 32.2. The van der Waals surface area contributed by atoms with Crippen LogP contribution in [0.25, 0.3) is 10.9 Å². The van der Waals surface area contributed by atoms with Gasteiger partial charge in [0.1, 0.15) is 4.90 Å². The number of aryl methyl sites for hydroxylation is 2. The van der Waals surface area contributed by atoms with Crippen LogP contribution in [0.2, 0.25) is 0 Å². The summed E-state index contributed by atoms with van der Waals surface area (Å²) in [6.45, 7) is 3.23. The number of anilines is 1. The summed E-state index contributed by atoms with van der Waals surface area (Å²) in [5, 5.41) is 0.707. The lowest BCUT2D eigenvalue weighted by atomic mass is 10.2. The number of halogens is 1. The number of hydrogen-bond acceptors (Lipinski definition) is 6. The molecule has 0 spiro atoms. The molecular weight excluding hydrogens is 407 g/mol. The van der Waals surface area contributed by atoms with Gasteiger partial charge in [-0.15, -0.1) is 0 Å². The van der Waals surface area contributed by atoms with E-state index in [-0.39, 0.29) is 22.3 Å². The third-order valence-electron chi connectivity index (χ3n) is 4.41. The molecule has 2 aromatic carbocycles. The zero-order valence-corrected chi connectivity index (χ0v) is 16.9. The van der Waals surface area contributed by atoms with Crippen LogP contribution >= 0.6 is 0 Å². The fraction of sp³-hybridized carbons (Fsp3) is 0.0952. The van der Waals surface area contributed by atoms with Gasteiger partial charge in [0, 0.05) is 11.6 Å². The molecule has 0 saturated heterocycles. The average molecular weight is 424 g/mol. The first-order valence-corrected chi connectivity index (χ1v) is 10.5. The van der Waals surface area contributed by atoms with Gasteiger partial charge in [-0.05, 0) is 38.1 Å². The zero-order chi connectivity index (χ0) is 21.3. The molecule has 0 amide bonds. The lowest BCUT2D eigenvalue weighted by Crippen LogP contribution is -2.16. The first-order chi connectivity index (χ1) is 14.3. The van der Waals surface area contributed by atoms with E-state index in [2.05, 4.69) is 19.7 Å². The van der Waals surface area contributed by atoms with Gasteiger partial charge in [-0.3, -0.25) is 9.71 Å². The Balaban J connectivity index is 1.68. The number of para-hydroxylation sites is 2. The average Bonchev–Trinajstić information content (AvgIpc) is 2.72. The number of nitrogens with zero attached hydrogens (tertiary/aromatic N) is 3. The van der Waals surface area contributed by atoms with Crippen molar-refractivity contribution in [3.05, 3.63) is 78.0 Å². The van der Waals surface area contributed by atoms with Crippen molar-refractivity contribution in [1.29, 1.82) is 0 Å². The number of nitrogens with one attached hydrogen (secondary N) is 1. The molecule has 0 aliphatic rings. The normalized spacial score (nSPS) is 11.4. The molecule has 0 aliphatic carbocycles. The van der Waals surface area contributed by atoms with Crippen molar-refractivity contribution in [2.75, 3.05) is 4.72 Å². The van der Waals surface area contributed by atoms with Crippen molar-refractivity contribution in [2.45, 2.75) is 18.7 Å². The molecule has 0 aliphatic heterocycles. The maximum absolute atomic E-state index is 13.8. The van der Waals surface area contributed by atoms with Crippen molar-refractivity contribution < 1.29 is 17.5 Å². The van der Waals surface area contributed by atoms with Crippen LogP contribution in [0.4, 0.5) is 10.1 Å². The first-order valence-electron chi connectivity index (χ1n) is 8.99. The molecule has 2 heterocycles. The van der Waals surface area contributed by atoms with E-state index in [9.17, 15) is 12.8 Å². The number of hydrogen-bond donors (Lipinski definition) is 1. The fourth-order valence-electron chi connectivity index (χ4n) is 2.99. The van der Waals surface area contributed by atoms with Crippen molar-refractivity contribution in [3.63, 3.8) is 0 Å².